The van der Waals surface area contributed by atoms with E-state index in [4.69, 9.17) is 4.42 Å². The normalized spacial score (nSPS) is 18.6. The first kappa shape index (κ1) is 19.3. The van der Waals surface area contributed by atoms with Crippen LogP contribution in [0.5, 0.6) is 0 Å². The Morgan fingerprint density at radius 2 is 2.09 bits per heavy atom. The van der Waals surface area contributed by atoms with Gasteiger partial charge >= 0.3 is 0 Å². The number of aliphatic hydroxyl groups is 1. The van der Waals surface area contributed by atoms with Gasteiger partial charge in [0, 0.05) is 6.54 Å². The molecule has 126 valence electrons. The molecule has 1 aromatic heterocycles. The van der Waals surface area contributed by atoms with Gasteiger partial charge in [-0.3, -0.25) is 4.99 Å². The van der Waals surface area contributed by atoms with Crippen molar-refractivity contribution in [1.82, 2.24) is 10.6 Å². The first-order valence-electron chi connectivity index (χ1n) is 7.86. The Kier molecular flexibility index (Phi) is 7.68. The molecule has 0 aliphatic heterocycles. The van der Waals surface area contributed by atoms with E-state index < -0.39 is 5.60 Å². The Morgan fingerprint density at radius 1 is 1.41 bits per heavy atom. The van der Waals surface area contributed by atoms with Crippen LogP contribution in [0, 0.1) is 6.92 Å². The number of aliphatic imine (C=N–C) groups is 1. The fourth-order valence-electron chi connectivity index (χ4n) is 2.70. The zero-order chi connectivity index (χ0) is 15.3. The van der Waals surface area contributed by atoms with Crippen molar-refractivity contribution in [2.75, 3.05) is 13.1 Å². The number of hydrogen-bond acceptors (Lipinski definition) is 3. The van der Waals surface area contributed by atoms with Gasteiger partial charge in [0.1, 0.15) is 11.5 Å². The van der Waals surface area contributed by atoms with Crippen LogP contribution in [-0.4, -0.2) is 29.8 Å². The summed E-state index contributed by atoms with van der Waals surface area (Å²) in [6.07, 6.45) is 3.89. The van der Waals surface area contributed by atoms with Crippen LogP contribution in [0.15, 0.2) is 21.5 Å². The van der Waals surface area contributed by atoms with Crippen LogP contribution in [0.3, 0.4) is 0 Å². The number of nitrogens with zero attached hydrogens (tertiary/aromatic N) is 1. The molecule has 0 aromatic carbocycles. The molecule has 1 fully saturated rings. The highest BCUT2D eigenvalue weighted by molar-refractivity contribution is 14.0. The van der Waals surface area contributed by atoms with Crippen molar-refractivity contribution in [3.8, 4) is 0 Å². The Morgan fingerprint density at radius 3 is 2.64 bits per heavy atom. The molecule has 1 saturated carbocycles. The van der Waals surface area contributed by atoms with E-state index in [1.54, 1.807) is 0 Å². The predicted molar refractivity (Wildman–Crippen MR) is 99.8 cm³/mol. The molecule has 0 radical (unpaired) electrons. The second-order valence-electron chi connectivity index (χ2n) is 5.94. The second-order valence-corrected chi connectivity index (χ2v) is 5.94. The number of hydrogen-bond donors (Lipinski definition) is 3. The highest BCUT2D eigenvalue weighted by Gasteiger charge is 2.30. The Hall–Kier alpha value is -0.760. The molecule has 6 heteroatoms. The third-order valence-corrected chi connectivity index (χ3v) is 3.95. The summed E-state index contributed by atoms with van der Waals surface area (Å²) in [7, 11) is 0. The number of guanidine groups is 1. The standard InChI is InChI=1S/C16H27N3O2.HI/c1-4-17-15(18-11-16(20)9-5-6-10-16)19-13(3)14-8-7-12(2)21-14;/h7-8,13,20H,4-6,9-11H2,1-3H3,(H2,17,18,19);1H. The molecule has 1 aliphatic rings. The number of halogens is 1. The first-order valence-corrected chi connectivity index (χ1v) is 7.86. The Bertz CT molecular complexity index is 481. The van der Waals surface area contributed by atoms with Crippen LogP contribution in [0.25, 0.3) is 0 Å². The summed E-state index contributed by atoms with van der Waals surface area (Å²) in [5.74, 6) is 2.51. The second kappa shape index (κ2) is 8.76. The fourth-order valence-corrected chi connectivity index (χ4v) is 2.70. The molecule has 1 heterocycles. The van der Waals surface area contributed by atoms with Crippen molar-refractivity contribution in [3.63, 3.8) is 0 Å². The lowest BCUT2D eigenvalue weighted by Crippen LogP contribution is -2.40. The molecule has 0 spiro atoms. The summed E-state index contributed by atoms with van der Waals surface area (Å²) in [6, 6.07) is 3.97. The van der Waals surface area contributed by atoms with Crippen molar-refractivity contribution < 1.29 is 9.52 Å². The molecule has 1 atom stereocenters. The molecular formula is C16H28IN3O2. The zero-order valence-electron chi connectivity index (χ0n) is 13.7. The number of nitrogens with one attached hydrogen (secondary N) is 2. The molecule has 1 unspecified atom stereocenters. The van der Waals surface area contributed by atoms with E-state index >= 15 is 0 Å². The molecule has 0 saturated heterocycles. The zero-order valence-corrected chi connectivity index (χ0v) is 16.0. The quantitative estimate of drug-likeness (QED) is 0.388. The molecule has 22 heavy (non-hydrogen) atoms. The SMILES string of the molecule is CCNC(=NCC1(O)CCCC1)NC(C)c1ccc(C)o1.I. The maximum atomic E-state index is 10.4. The fraction of sp³-hybridized carbons (Fsp3) is 0.688. The lowest BCUT2D eigenvalue weighted by molar-refractivity contribution is 0.0574. The van der Waals surface area contributed by atoms with E-state index in [0.29, 0.717) is 6.54 Å². The highest BCUT2D eigenvalue weighted by Crippen LogP contribution is 2.29. The molecule has 2 rings (SSSR count). The van der Waals surface area contributed by atoms with Crippen LogP contribution < -0.4 is 10.6 Å². The summed E-state index contributed by atoms with van der Waals surface area (Å²) >= 11 is 0. The molecule has 1 aromatic rings. The minimum absolute atomic E-state index is 0. The van der Waals surface area contributed by atoms with Gasteiger partial charge in [0.05, 0.1) is 18.2 Å². The third-order valence-electron chi connectivity index (χ3n) is 3.95. The summed E-state index contributed by atoms with van der Waals surface area (Å²) in [5, 5.41) is 16.9. The van der Waals surface area contributed by atoms with Crippen LogP contribution in [-0.2, 0) is 0 Å². The summed E-state index contributed by atoms with van der Waals surface area (Å²) in [6.45, 7) is 7.24. The topological polar surface area (TPSA) is 69.8 Å². The van der Waals surface area contributed by atoms with E-state index in [1.165, 1.54) is 0 Å². The van der Waals surface area contributed by atoms with Crippen molar-refractivity contribution in [3.05, 3.63) is 23.7 Å². The van der Waals surface area contributed by atoms with Gasteiger partial charge in [0.25, 0.3) is 0 Å². The Balaban J connectivity index is 0.00000242. The summed E-state index contributed by atoms with van der Waals surface area (Å²) in [5.41, 5.74) is -0.618. The van der Waals surface area contributed by atoms with E-state index in [2.05, 4.69) is 15.6 Å². The van der Waals surface area contributed by atoms with E-state index in [-0.39, 0.29) is 30.0 Å². The van der Waals surface area contributed by atoms with Crippen LogP contribution >= 0.6 is 24.0 Å². The highest BCUT2D eigenvalue weighted by atomic mass is 127. The van der Waals surface area contributed by atoms with Gasteiger partial charge in [-0.25, -0.2) is 0 Å². The molecule has 0 amide bonds. The van der Waals surface area contributed by atoms with Crippen molar-refractivity contribution in [1.29, 1.82) is 0 Å². The molecular weight excluding hydrogens is 393 g/mol. The van der Waals surface area contributed by atoms with Gasteiger partial charge in [-0.2, -0.15) is 0 Å². The molecule has 5 nitrogen and oxygen atoms in total. The number of aryl methyl sites for hydroxylation is 1. The smallest absolute Gasteiger partial charge is 0.191 e. The molecule has 3 N–H and O–H groups in total. The number of furan rings is 1. The van der Waals surface area contributed by atoms with Gasteiger partial charge in [-0.1, -0.05) is 12.8 Å². The van der Waals surface area contributed by atoms with Gasteiger partial charge in [-0.15, -0.1) is 24.0 Å². The van der Waals surface area contributed by atoms with Crippen molar-refractivity contribution in [2.24, 2.45) is 4.99 Å². The average molecular weight is 421 g/mol. The van der Waals surface area contributed by atoms with Gasteiger partial charge < -0.3 is 20.2 Å². The minimum atomic E-state index is -0.618. The Labute approximate surface area is 150 Å². The lowest BCUT2D eigenvalue weighted by Gasteiger charge is -2.21. The average Bonchev–Trinajstić information content (AvgIpc) is 3.06. The summed E-state index contributed by atoms with van der Waals surface area (Å²) < 4.78 is 5.63. The predicted octanol–water partition coefficient (Wildman–Crippen LogP) is 3.13. The minimum Gasteiger partial charge on any atom is -0.464 e. The van der Waals surface area contributed by atoms with Crippen molar-refractivity contribution >= 4 is 29.9 Å². The van der Waals surface area contributed by atoms with E-state index in [1.807, 2.05) is 32.9 Å². The number of rotatable bonds is 5. The monoisotopic (exact) mass is 421 g/mol. The van der Waals surface area contributed by atoms with Crippen LogP contribution in [0.2, 0.25) is 0 Å². The largest absolute Gasteiger partial charge is 0.464 e. The first-order chi connectivity index (χ1) is 10.0. The summed E-state index contributed by atoms with van der Waals surface area (Å²) in [4.78, 5) is 4.54. The maximum Gasteiger partial charge on any atom is 0.191 e. The third kappa shape index (κ3) is 5.46. The van der Waals surface area contributed by atoms with E-state index in [0.717, 1.165) is 49.7 Å². The van der Waals surface area contributed by atoms with Crippen LogP contribution in [0.4, 0.5) is 0 Å². The molecule has 0 bridgehead atoms. The van der Waals surface area contributed by atoms with Crippen molar-refractivity contribution in [2.45, 2.75) is 58.1 Å². The van der Waals surface area contributed by atoms with Gasteiger partial charge in [0.15, 0.2) is 5.96 Å². The lowest BCUT2D eigenvalue weighted by atomic mass is 10.0. The maximum absolute atomic E-state index is 10.4. The van der Waals surface area contributed by atoms with E-state index in [9.17, 15) is 5.11 Å². The molecule has 1 aliphatic carbocycles. The van der Waals surface area contributed by atoms with Crippen LogP contribution in [0.1, 0.15) is 57.1 Å². The van der Waals surface area contributed by atoms with Gasteiger partial charge in [-0.05, 0) is 45.7 Å². The van der Waals surface area contributed by atoms with Gasteiger partial charge in [0.2, 0.25) is 0 Å².